The third-order valence-electron chi connectivity index (χ3n) is 2.53. The van der Waals surface area contributed by atoms with Gasteiger partial charge in [-0.3, -0.25) is 0 Å². The Morgan fingerprint density at radius 1 is 1.28 bits per heavy atom. The van der Waals surface area contributed by atoms with Gasteiger partial charge in [0, 0.05) is 6.07 Å². The van der Waals surface area contributed by atoms with E-state index in [1.165, 1.54) is 12.1 Å². The normalized spacial score (nSPS) is 9.83. The van der Waals surface area contributed by atoms with E-state index in [0.717, 1.165) is 0 Å². The minimum absolute atomic E-state index is 0.138. The number of rotatable bonds is 2. The average Bonchev–Trinajstić information content (AvgIpc) is 2.35. The van der Waals surface area contributed by atoms with E-state index in [2.05, 4.69) is 0 Å². The van der Waals surface area contributed by atoms with Gasteiger partial charge in [-0.05, 0) is 30.7 Å². The number of halogens is 1. The van der Waals surface area contributed by atoms with Gasteiger partial charge in [0.1, 0.15) is 11.8 Å². The molecule has 90 valence electrons. The molecule has 0 unspecified atom stereocenters. The van der Waals surface area contributed by atoms with Crippen LogP contribution in [-0.4, -0.2) is 0 Å². The van der Waals surface area contributed by atoms with Gasteiger partial charge < -0.3 is 10.5 Å². The van der Waals surface area contributed by atoms with Crippen LogP contribution >= 0.6 is 0 Å². The van der Waals surface area contributed by atoms with Crippen molar-refractivity contribution in [2.45, 2.75) is 6.92 Å². The molecule has 0 spiro atoms. The maximum Gasteiger partial charge on any atom is 0.168 e. The van der Waals surface area contributed by atoms with Crippen molar-refractivity contribution >= 4 is 5.69 Å². The number of nitrogens with two attached hydrogens (primary N) is 1. The highest BCUT2D eigenvalue weighted by Crippen LogP contribution is 2.28. The summed E-state index contributed by atoms with van der Waals surface area (Å²) in [4.78, 5) is 0. The summed E-state index contributed by atoms with van der Waals surface area (Å²) in [6.07, 6.45) is 0. The summed E-state index contributed by atoms with van der Waals surface area (Å²) in [5, 5.41) is 8.75. The standard InChI is InChI=1S/C14H11FN2O/c1-9-3-2-4-13(14(9)15)18-11-6-5-10(8-16)12(17)7-11/h2-7H,17H2,1H3. The number of nitrogen functional groups attached to an aromatic ring is 1. The second-order valence-corrected chi connectivity index (χ2v) is 3.85. The summed E-state index contributed by atoms with van der Waals surface area (Å²) in [6.45, 7) is 1.66. The van der Waals surface area contributed by atoms with E-state index < -0.39 is 5.82 Å². The highest BCUT2D eigenvalue weighted by Gasteiger charge is 2.08. The monoisotopic (exact) mass is 242 g/mol. The molecule has 0 aliphatic carbocycles. The van der Waals surface area contributed by atoms with Crippen LogP contribution in [0.15, 0.2) is 36.4 Å². The van der Waals surface area contributed by atoms with E-state index >= 15 is 0 Å². The quantitative estimate of drug-likeness (QED) is 0.821. The fourth-order valence-corrected chi connectivity index (χ4v) is 1.53. The number of nitriles is 1. The second-order valence-electron chi connectivity index (χ2n) is 3.85. The number of benzene rings is 2. The maximum absolute atomic E-state index is 13.7. The third-order valence-corrected chi connectivity index (χ3v) is 2.53. The molecule has 2 aromatic carbocycles. The second kappa shape index (κ2) is 4.76. The van der Waals surface area contributed by atoms with Crippen molar-refractivity contribution in [1.82, 2.24) is 0 Å². The zero-order valence-electron chi connectivity index (χ0n) is 9.77. The highest BCUT2D eigenvalue weighted by molar-refractivity contribution is 5.57. The van der Waals surface area contributed by atoms with Crippen LogP contribution in [0.3, 0.4) is 0 Å². The average molecular weight is 242 g/mol. The molecule has 3 nitrogen and oxygen atoms in total. The first kappa shape index (κ1) is 11.9. The van der Waals surface area contributed by atoms with Gasteiger partial charge in [0.15, 0.2) is 11.6 Å². The fourth-order valence-electron chi connectivity index (χ4n) is 1.53. The molecule has 0 aliphatic rings. The highest BCUT2D eigenvalue weighted by atomic mass is 19.1. The lowest BCUT2D eigenvalue weighted by atomic mass is 10.2. The Hall–Kier alpha value is -2.54. The minimum Gasteiger partial charge on any atom is -0.454 e. The van der Waals surface area contributed by atoms with Gasteiger partial charge in [-0.25, -0.2) is 4.39 Å². The summed E-state index contributed by atoms with van der Waals surface area (Å²) in [6, 6.07) is 11.5. The summed E-state index contributed by atoms with van der Waals surface area (Å²) >= 11 is 0. The van der Waals surface area contributed by atoms with Crippen molar-refractivity contribution in [3.63, 3.8) is 0 Å². The molecule has 2 aromatic rings. The van der Waals surface area contributed by atoms with Crippen molar-refractivity contribution < 1.29 is 9.13 Å². The number of hydrogen-bond acceptors (Lipinski definition) is 3. The fraction of sp³-hybridized carbons (Fsp3) is 0.0714. The van der Waals surface area contributed by atoms with Crippen LogP contribution in [-0.2, 0) is 0 Å². The Morgan fingerprint density at radius 3 is 2.72 bits per heavy atom. The number of anilines is 1. The lowest BCUT2D eigenvalue weighted by Crippen LogP contribution is -1.94. The molecule has 0 bridgehead atoms. The van der Waals surface area contributed by atoms with Gasteiger partial charge in [-0.2, -0.15) is 5.26 Å². The van der Waals surface area contributed by atoms with Crippen molar-refractivity contribution in [1.29, 1.82) is 5.26 Å². The number of hydrogen-bond donors (Lipinski definition) is 1. The predicted molar refractivity (Wildman–Crippen MR) is 66.8 cm³/mol. The van der Waals surface area contributed by atoms with Gasteiger partial charge in [0.05, 0.1) is 11.3 Å². The molecule has 0 aliphatic heterocycles. The van der Waals surface area contributed by atoms with Crippen LogP contribution in [0.5, 0.6) is 11.5 Å². The molecule has 2 rings (SSSR count). The molecule has 0 saturated carbocycles. The van der Waals surface area contributed by atoms with Gasteiger partial charge in [-0.15, -0.1) is 0 Å². The molecule has 2 N–H and O–H groups in total. The van der Waals surface area contributed by atoms with Crippen LogP contribution in [0.4, 0.5) is 10.1 Å². The Bertz CT molecular complexity index is 632. The van der Waals surface area contributed by atoms with E-state index in [-0.39, 0.29) is 5.75 Å². The van der Waals surface area contributed by atoms with Gasteiger partial charge in [-0.1, -0.05) is 12.1 Å². The number of ether oxygens (including phenoxy) is 1. The molecule has 0 fully saturated rings. The smallest absolute Gasteiger partial charge is 0.168 e. The first-order valence-electron chi connectivity index (χ1n) is 5.34. The van der Waals surface area contributed by atoms with Gasteiger partial charge in [0.2, 0.25) is 0 Å². The largest absolute Gasteiger partial charge is 0.454 e. The lowest BCUT2D eigenvalue weighted by molar-refractivity contribution is 0.440. The Balaban J connectivity index is 2.32. The number of aryl methyl sites for hydroxylation is 1. The molecule has 0 saturated heterocycles. The van der Waals surface area contributed by atoms with Crippen LogP contribution in [0.2, 0.25) is 0 Å². The Kier molecular flexibility index (Phi) is 3.16. The first-order valence-corrected chi connectivity index (χ1v) is 5.34. The van der Waals surface area contributed by atoms with Crippen LogP contribution in [0, 0.1) is 24.1 Å². The topological polar surface area (TPSA) is 59.0 Å². The summed E-state index contributed by atoms with van der Waals surface area (Å²) in [5.74, 6) is 0.135. The molecular formula is C14H11FN2O. The van der Waals surface area contributed by atoms with E-state index in [1.807, 2.05) is 6.07 Å². The Labute approximate surface area is 104 Å². The SMILES string of the molecule is Cc1cccc(Oc2ccc(C#N)c(N)c2)c1F. The molecule has 4 heteroatoms. The van der Waals surface area contributed by atoms with Gasteiger partial charge in [0.25, 0.3) is 0 Å². The summed E-state index contributed by atoms with van der Waals surface area (Å²) < 4.78 is 19.1. The molecular weight excluding hydrogens is 231 g/mol. The maximum atomic E-state index is 13.7. The van der Waals surface area contributed by atoms with Crippen molar-refractivity contribution in [2.24, 2.45) is 0 Å². The zero-order chi connectivity index (χ0) is 13.1. The van der Waals surface area contributed by atoms with Crippen LogP contribution < -0.4 is 10.5 Å². The molecule has 0 heterocycles. The van der Waals surface area contributed by atoms with Crippen molar-refractivity contribution in [2.75, 3.05) is 5.73 Å². The van der Waals surface area contributed by atoms with E-state index in [0.29, 0.717) is 22.6 Å². The molecule has 0 radical (unpaired) electrons. The van der Waals surface area contributed by atoms with Crippen LogP contribution in [0.25, 0.3) is 0 Å². The number of nitrogens with zero attached hydrogens (tertiary/aromatic N) is 1. The van der Waals surface area contributed by atoms with Gasteiger partial charge >= 0.3 is 0 Å². The minimum atomic E-state index is -0.402. The molecule has 0 aromatic heterocycles. The van der Waals surface area contributed by atoms with E-state index in [4.69, 9.17) is 15.7 Å². The van der Waals surface area contributed by atoms with Crippen molar-refractivity contribution in [3.05, 3.63) is 53.3 Å². The first-order chi connectivity index (χ1) is 8.61. The lowest BCUT2D eigenvalue weighted by Gasteiger charge is -2.09. The zero-order valence-corrected chi connectivity index (χ0v) is 9.77. The summed E-state index contributed by atoms with van der Waals surface area (Å²) in [7, 11) is 0. The molecule has 0 atom stereocenters. The van der Waals surface area contributed by atoms with Crippen LogP contribution in [0.1, 0.15) is 11.1 Å². The molecule has 0 amide bonds. The van der Waals surface area contributed by atoms with Crippen molar-refractivity contribution in [3.8, 4) is 17.6 Å². The predicted octanol–water partition coefficient (Wildman–Crippen LogP) is 3.38. The third kappa shape index (κ3) is 2.25. The van der Waals surface area contributed by atoms with E-state index in [1.54, 1.807) is 31.2 Å². The Morgan fingerprint density at radius 2 is 2.06 bits per heavy atom. The summed E-state index contributed by atoms with van der Waals surface area (Å²) in [5.41, 5.74) is 6.84. The molecule has 18 heavy (non-hydrogen) atoms. The van der Waals surface area contributed by atoms with E-state index in [9.17, 15) is 4.39 Å².